The predicted molar refractivity (Wildman–Crippen MR) is 57.6 cm³/mol. The van der Waals surface area contributed by atoms with Crippen LogP contribution in [0.3, 0.4) is 0 Å². The van der Waals surface area contributed by atoms with E-state index in [0.29, 0.717) is 0 Å². The zero-order chi connectivity index (χ0) is 9.47. The van der Waals surface area contributed by atoms with Gasteiger partial charge in [0.15, 0.2) is 0 Å². The Hall–Kier alpha value is -0.570. The highest BCUT2D eigenvalue weighted by atomic mass is 32.1. The molecular formula is C10H16N2S. The van der Waals surface area contributed by atoms with E-state index in [1.807, 2.05) is 11.3 Å². The highest BCUT2D eigenvalue weighted by Gasteiger charge is 2.22. The van der Waals surface area contributed by atoms with Crippen LogP contribution in [0, 0.1) is 0 Å². The smallest absolute Gasteiger partial charge is 0.112 e. The summed E-state index contributed by atoms with van der Waals surface area (Å²) in [6, 6.07) is 0. The summed E-state index contributed by atoms with van der Waals surface area (Å²) in [6.45, 7) is 7.77. The predicted octanol–water partition coefficient (Wildman–Crippen LogP) is 2.80. The van der Waals surface area contributed by atoms with Crippen molar-refractivity contribution in [3.8, 4) is 0 Å². The third-order valence-corrected chi connectivity index (χ3v) is 3.70. The molecular weight excluding hydrogens is 180 g/mol. The minimum atomic E-state index is 0.198. The second-order valence-electron chi connectivity index (χ2n) is 4.58. The lowest BCUT2D eigenvalue weighted by Crippen LogP contribution is -2.11. The van der Waals surface area contributed by atoms with E-state index in [1.165, 1.54) is 22.1 Å². The molecule has 1 aromatic rings. The maximum Gasteiger partial charge on any atom is 0.112 e. The molecule has 0 fully saturated rings. The molecule has 0 spiro atoms. The zero-order valence-electron chi connectivity index (χ0n) is 8.48. The first-order valence-electron chi connectivity index (χ1n) is 4.81. The Morgan fingerprint density at radius 3 is 2.77 bits per heavy atom. The van der Waals surface area contributed by atoms with Crippen LogP contribution in [0.4, 0.5) is 5.00 Å². The van der Waals surface area contributed by atoms with Crippen molar-refractivity contribution in [2.45, 2.75) is 39.0 Å². The molecule has 2 heterocycles. The van der Waals surface area contributed by atoms with Crippen LogP contribution < -0.4 is 5.32 Å². The van der Waals surface area contributed by atoms with Gasteiger partial charge in [0.05, 0.1) is 5.69 Å². The van der Waals surface area contributed by atoms with E-state index in [1.54, 1.807) is 0 Å². The van der Waals surface area contributed by atoms with Gasteiger partial charge in [0.2, 0.25) is 0 Å². The van der Waals surface area contributed by atoms with E-state index in [-0.39, 0.29) is 5.41 Å². The summed E-state index contributed by atoms with van der Waals surface area (Å²) in [4.78, 5) is 4.68. The van der Waals surface area contributed by atoms with Crippen LogP contribution in [0.2, 0.25) is 0 Å². The second kappa shape index (κ2) is 2.98. The molecule has 0 saturated carbocycles. The molecule has 0 bridgehead atoms. The summed E-state index contributed by atoms with van der Waals surface area (Å²) in [5.74, 6) is 0. The van der Waals surface area contributed by atoms with Gasteiger partial charge in [-0.15, -0.1) is 11.3 Å². The fourth-order valence-corrected chi connectivity index (χ4v) is 2.53. The molecule has 1 aromatic heterocycles. The molecule has 1 N–H and O–H groups in total. The first kappa shape index (κ1) is 9.00. The SMILES string of the molecule is CC(C)(C)c1nc2c(s1)NCCC2. The van der Waals surface area contributed by atoms with Gasteiger partial charge in [-0.1, -0.05) is 20.8 Å². The fourth-order valence-electron chi connectivity index (χ4n) is 1.44. The summed E-state index contributed by atoms with van der Waals surface area (Å²) >= 11 is 1.82. The summed E-state index contributed by atoms with van der Waals surface area (Å²) < 4.78 is 0. The van der Waals surface area contributed by atoms with Gasteiger partial charge in [-0.25, -0.2) is 4.98 Å². The molecule has 0 aliphatic carbocycles. The minimum Gasteiger partial charge on any atom is -0.375 e. The Balaban J connectivity index is 2.36. The van der Waals surface area contributed by atoms with Gasteiger partial charge in [0, 0.05) is 12.0 Å². The maximum atomic E-state index is 4.68. The largest absolute Gasteiger partial charge is 0.375 e. The molecule has 1 aliphatic heterocycles. The Bertz CT molecular complexity index is 286. The average Bonchev–Trinajstić information content (AvgIpc) is 2.45. The zero-order valence-corrected chi connectivity index (χ0v) is 9.29. The Morgan fingerprint density at radius 2 is 2.15 bits per heavy atom. The Labute approximate surface area is 83.4 Å². The van der Waals surface area contributed by atoms with Crippen LogP contribution in [0.25, 0.3) is 0 Å². The van der Waals surface area contributed by atoms with Crippen molar-refractivity contribution in [1.29, 1.82) is 0 Å². The molecule has 2 rings (SSSR count). The first-order chi connectivity index (χ1) is 6.07. The number of aryl methyl sites for hydroxylation is 1. The van der Waals surface area contributed by atoms with Crippen molar-refractivity contribution in [3.05, 3.63) is 10.7 Å². The molecule has 3 heteroatoms. The van der Waals surface area contributed by atoms with Crippen molar-refractivity contribution >= 4 is 16.3 Å². The number of rotatable bonds is 0. The van der Waals surface area contributed by atoms with Crippen LogP contribution in [0.1, 0.15) is 37.9 Å². The van der Waals surface area contributed by atoms with E-state index in [4.69, 9.17) is 0 Å². The van der Waals surface area contributed by atoms with Crippen molar-refractivity contribution in [3.63, 3.8) is 0 Å². The lowest BCUT2D eigenvalue weighted by Gasteiger charge is -2.13. The normalized spacial score (nSPS) is 16.5. The summed E-state index contributed by atoms with van der Waals surface area (Å²) in [7, 11) is 0. The Kier molecular flexibility index (Phi) is 2.06. The molecule has 2 nitrogen and oxygen atoms in total. The summed E-state index contributed by atoms with van der Waals surface area (Å²) in [6.07, 6.45) is 2.37. The number of anilines is 1. The average molecular weight is 196 g/mol. The van der Waals surface area contributed by atoms with Crippen molar-refractivity contribution < 1.29 is 0 Å². The topological polar surface area (TPSA) is 24.9 Å². The van der Waals surface area contributed by atoms with Crippen LogP contribution in [0.15, 0.2) is 0 Å². The van der Waals surface area contributed by atoms with E-state index in [2.05, 4.69) is 31.1 Å². The van der Waals surface area contributed by atoms with E-state index in [9.17, 15) is 0 Å². The molecule has 0 atom stereocenters. The van der Waals surface area contributed by atoms with Crippen molar-refractivity contribution in [1.82, 2.24) is 4.98 Å². The fraction of sp³-hybridized carbons (Fsp3) is 0.700. The van der Waals surface area contributed by atoms with Gasteiger partial charge in [-0.3, -0.25) is 0 Å². The number of nitrogens with one attached hydrogen (secondary N) is 1. The molecule has 13 heavy (non-hydrogen) atoms. The van der Waals surface area contributed by atoms with Gasteiger partial charge in [0.25, 0.3) is 0 Å². The van der Waals surface area contributed by atoms with Crippen LogP contribution in [0.5, 0.6) is 0 Å². The highest BCUT2D eigenvalue weighted by Crippen LogP contribution is 2.34. The maximum absolute atomic E-state index is 4.68. The monoisotopic (exact) mass is 196 g/mol. The van der Waals surface area contributed by atoms with E-state index in [0.717, 1.165) is 13.0 Å². The molecule has 0 amide bonds. The van der Waals surface area contributed by atoms with E-state index >= 15 is 0 Å². The van der Waals surface area contributed by atoms with Crippen molar-refractivity contribution in [2.24, 2.45) is 0 Å². The van der Waals surface area contributed by atoms with E-state index < -0.39 is 0 Å². The molecule has 72 valence electrons. The third-order valence-electron chi connectivity index (χ3n) is 2.21. The molecule has 0 aromatic carbocycles. The molecule has 0 saturated heterocycles. The number of nitrogens with zero attached hydrogens (tertiary/aromatic N) is 1. The summed E-state index contributed by atoms with van der Waals surface area (Å²) in [5, 5.41) is 5.97. The van der Waals surface area contributed by atoms with Crippen LogP contribution in [-0.2, 0) is 11.8 Å². The summed E-state index contributed by atoms with van der Waals surface area (Å²) in [5.41, 5.74) is 1.48. The molecule has 0 unspecified atom stereocenters. The van der Waals surface area contributed by atoms with Gasteiger partial charge in [-0.05, 0) is 12.8 Å². The van der Waals surface area contributed by atoms with Crippen molar-refractivity contribution in [2.75, 3.05) is 11.9 Å². The third kappa shape index (κ3) is 1.70. The second-order valence-corrected chi connectivity index (χ2v) is 5.57. The standard InChI is InChI=1S/C10H16N2S/c1-10(2,3)9-12-7-5-4-6-11-8(7)13-9/h11H,4-6H2,1-3H3. The molecule has 1 aliphatic rings. The van der Waals surface area contributed by atoms with Gasteiger partial charge in [0.1, 0.15) is 10.0 Å². The lowest BCUT2D eigenvalue weighted by molar-refractivity contribution is 0.582. The number of hydrogen-bond acceptors (Lipinski definition) is 3. The number of thiazole rings is 1. The lowest BCUT2D eigenvalue weighted by atomic mass is 9.98. The van der Waals surface area contributed by atoms with Crippen LogP contribution in [-0.4, -0.2) is 11.5 Å². The highest BCUT2D eigenvalue weighted by molar-refractivity contribution is 7.16. The quantitative estimate of drug-likeness (QED) is 0.690. The van der Waals surface area contributed by atoms with Gasteiger partial charge < -0.3 is 5.32 Å². The number of aromatic nitrogens is 1. The number of hydrogen-bond donors (Lipinski definition) is 1. The number of fused-ring (bicyclic) bond motifs is 1. The van der Waals surface area contributed by atoms with Crippen LogP contribution >= 0.6 is 11.3 Å². The van der Waals surface area contributed by atoms with Gasteiger partial charge in [-0.2, -0.15) is 0 Å². The Morgan fingerprint density at radius 1 is 1.38 bits per heavy atom. The minimum absolute atomic E-state index is 0.198. The first-order valence-corrected chi connectivity index (χ1v) is 5.63. The molecule has 0 radical (unpaired) electrons. The van der Waals surface area contributed by atoms with Gasteiger partial charge >= 0.3 is 0 Å².